The lowest BCUT2D eigenvalue weighted by Crippen LogP contribution is -2.30. The summed E-state index contributed by atoms with van der Waals surface area (Å²) in [6, 6.07) is 15.0. The second-order valence-electron chi connectivity index (χ2n) is 4.96. The van der Waals surface area contributed by atoms with E-state index in [0.717, 1.165) is 4.90 Å². The van der Waals surface area contributed by atoms with E-state index in [1.807, 2.05) is 18.2 Å². The van der Waals surface area contributed by atoms with Gasteiger partial charge in [-0.25, -0.2) is 4.39 Å². The third-order valence-electron chi connectivity index (χ3n) is 3.11. The summed E-state index contributed by atoms with van der Waals surface area (Å²) in [4.78, 5) is 13.2. The van der Waals surface area contributed by atoms with Crippen molar-refractivity contribution in [3.63, 3.8) is 0 Å². The van der Waals surface area contributed by atoms with Crippen molar-refractivity contribution in [1.29, 1.82) is 5.26 Å². The fourth-order valence-electron chi connectivity index (χ4n) is 1.91. The standard InChI is InChI=1S/C18H17FN2O2S/c1-13(23-15-9-7-14(19)8-10-15)18(22)21-16-5-2-3-6-17(16)24-12-4-11-20/h2-3,5-10,13H,4,12H2,1H3,(H,21,22)/t13-/m0/s1. The first-order chi connectivity index (χ1) is 11.6. The maximum atomic E-state index is 12.9. The zero-order chi connectivity index (χ0) is 17.4. The Kier molecular flexibility index (Phi) is 6.64. The molecule has 1 amide bonds. The smallest absolute Gasteiger partial charge is 0.265 e. The number of thioether (sulfide) groups is 1. The fraction of sp³-hybridized carbons (Fsp3) is 0.222. The molecule has 0 spiro atoms. The van der Waals surface area contributed by atoms with Crippen molar-refractivity contribution >= 4 is 23.4 Å². The highest BCUT2D eigenvalue weighted by Gasteiger charge is 2.16. The molecule has 6 heteroatoms. The molecule has 24 heavy (non-hydrogen) atoms. The lowest BCUT2D eigenvalue weighted by atomic mass is 10.3. The molecule has 124 valence electrons. The van der Waals surface area contributed by atoms with Gasteiger partial charge in [0.25, 0.3) is 5.91 Å². The normalized spacial score (nSPS) is 11.4. The molecule has 0 saturated heterocycles. The summed E-state index contributed by atoms with van der Waals surface area (Å²) < 4.78 is 18.4. The molecule has 0 aliphatic rings. The van der Waals surface area contributed by atoms with E-state index in [-0.39, 0.29) is 11.7 Å². The highest BCUT2D eigenvalue weighted by Crippen LogP contribution is 2.27. The summed E-state index contributed by atoms with van der Waals surface area (Å²) in [5, 5.41) is 11.4. The van der Waals surface area contributed by atoms with Crippen molar-refractivity contribution in [1.82, 2.24) is 0 Å². The summed E-state index contributed by atoms with van der Waals surface area (Å²) in [7, 11) is 0. The predicted molar refractivity (Wildman–Crippen MR) is 92.5 cm³/mol. The molecule has 0 aliphatic carbocycles. The number of nitriles is 1. The van der Waals surface area contributed by atoms with E-state index in [1.54, 1.807) is 13.0 Å². The third kappa shape index (κ3) is 5.28. The quantitative estimate of drug-likeness (QED) is 0.603. The van der Waals surface area contributed by atoms with E-state index < -0.39 is 6.10 Å². The SMILES string of the molecule is C[C@H](Oc1ccc(F)cc1)C(=O)Nc1ccccc1SCCC#N. The summed E-state index contributed by atoms with van der Waals surface area (Å²) in [5.41, 5.74) is 0.681. The molecule has 1 N–H and O–H groups in total. The van der Waals surface area contributed by atoms with Gasteiger partial charge in [-0.15, -0.1) is 11.8 Å². The second kappa shape index (κ2) is 8.94. The number of halogens is 1. The van der Waals surface area contributed by atoms with Crippen LogP contribution in [0.5, 0.6) is 5.75 Å². The van der Waals surface area contributed by atoms with E-state index in [9.17, 15) is 9.18 Å². The molecule has 0 saturated carbocycles. The molecule has 2 aromatic rings. The average molecular weight is 344 g/mol. The number of anilines is 1. The van der Waals surface area contributed by atoms with E-state index in [1.165, 1.54) is 36.0 Å². The highest BCUT2D eigenvalue weighted by atomic mass is 32.2. The van der Waals surface area contributed by atoms with Crippen molar-refractivity contribution in [2.24, 2.45) is 0 Å². The number of nitrogens with zero attached hydrogens (tertiary/aromatic N) is 1. The van der Waals surface area contributed by atoms with E-state index in [0.29, 0.717) is 23.6 Å². The molecule has 1 atom stereocenters. The van der Waals surface area contributed by atoms with Crippen molar-refractivity contribution in [3.05, 3.63) is 54.3 Å². The van der Waals surface area contributed by atoms with Crippen LogP contribution in [0, 0.1) is 17.1 Å². The molecule has 0 radical (unpaired) electrons. The molecular weight excluding hydrogens is 327 g/mol. The van der Waals surface area contributed by atoms with Gasteiger partial charge in [0.2, 0.25) is 0 Å². The molecule has 4 nitrogen and oxygen atoms in total. The van der Waals surface area contributed by atoms with Crippen LogP contribution in [0.2, 0.25) is 0 Å². The molecule has 2 rings (SSSR count). The molecule has 0 aromatic heterocycles. The minimum atomic E-state index is -0.729. The number of benzene rings is 2. The van der Waals surface area contributed by atoms with E-state index in [4.69, 9.17) is 10.00 Å². The number of amides is 1. The van der Waals surface area contributed by atoms with Crippen molar-refractivity contribution in [2.45, 2.75) is 24.3 Å². The van der Waals surface area contributed by atoms with Gasteiger partial charge in [-0.2, -0.15) is 5.26 Å². The van der Waals surface area contributed by atoms with Gasteiger partial charge in [0.05, 0.1) is 11.8 Å². The van der Waals surface area contributed by atoms with Gasteiger partial charge in [-0.1, -0.05) is 12.1 Å². The molecule has 0 fully saturated rings. The molecule has 0 bridgehead atoms. The molecule has 0 heterocycles. The lowest BCUT2D eigenvalue weighted by molar-refractivity contribution is -0.122. The Morgan fingerprint density at radius 3 is 2.71 bits per heavy atom. The van der Waals surface area contributed by atoms with E-state index in [2.05, 4.69) is 11.4 Å². The minimum absolute atomic E-state index is 0.298. The molecule has 2 aromatic carbocycles. The van der Waals surface area contributed by atoms with Crippen LogP contribution >= 0.6 is 11.8 Å². The summed E-state index contributed by atoms with van der Waals surface area (Å²) in [5.74, 6) is 0.427. The number of ether oxygens (including phenoxy) is 1. The summed E-state index contributed by atoms with van der Waals surface area (Å²) in [6.07, 6.45) is -0.288. The first-order valence-corrected chi connectivity index (χ1v) is 8.40. The van der Waals surface area contributed by atoms with Crippen LogP contribution in [0.1, 0.15) is 13.3 Å². The Morgan fingerprint density at radius 1 is 1.29 bits per heavy atom. The number of para-hydroxylation sites is 1. The highest BCUT2D eigenvalue weighted by molar-refractivity contribution is 7.99. The second-order valence-corrected chi connectivity index (χ2v) is 6.09. The van der Waals surface area contributed by atoms with Gasteiger partial charge in [-0.05, 0) is 43.3 Å². The molecule has 0 unspecified atom stereocenters. The number of carbonyl (C=O) groups excluding carboxylic acids is 1. The van der Waals surface area contributed by atoms with Gasteiger partial charge in [0.15, 0.2) is 6.10 Å². The molecule has 0 aliphatic heterocycles. The van der Waals surface area contributed by atoms with Crippen molar-refractivity contribution < 1.29 is 13.9 Å². The van der Waals surface area contributed by atoms with Gasteiger partial charge >= 0.3 is 0 Å². The van der Waals surface area contributed by atoms with Gasteiger partial charge in [0, 0.05) is 17.1 Å². The first kappa shape index (κ1) is 17.8. The van der Waals surface area contributed by atoms with Crippen LogP contribution < -0.4 is 10.1 Å². The number of hydrogen-bond donors (Lipinski definition) is 1. The largest absolute Gasteiger partial charge is 0.481 e. The minimum Gasteiger partial charge on any atom is -0.481 e. The zero-order valence-corrected chi connectivity index (χ0v) is 14.0. The number of rotatable bonds is 7. The summed E-state index contributed by atoms with van der Waals surface area (Å²) >= 11 is 1.51. The number of nitrogens with one attached hydrogen (secondary N) is 1. The maximum absolute atomic E-state index is 12.9. The van der Waals surface area contributed by atoms with Crippen molar-refractivity contribution in [3.8, 4) is 11.8 Å². The Balaban J connectivity index is 1.98. The van der Waals surface area contributed by atoms with Crippen LogP contribution in [0.25, 0.3) is 0 Å². The fourth-order valence-corrected chi connectivity index (χ4v) is 2.77. The van der Waals surface area contributed by atoms with Crippen molar-refractivity contribution in [2.75, 3.05) is 11.1 Å². The van der Waals surface area contributed by atoms with Crippen LogP contribution in [0.4, 0.5) is 10.1 Å². The predicted octanol–water partition coefficient (Wildman–Crippen LogP) is 4.24. The third-order valence-corrected chi connectivity index (χ3v) is 4.19. The van der Waals surface area contributed by atoms with E-state index >= 15 is 0 Å². The zero-order valence-electron chi connectivity index (χ0n) is 13.2. The van der Waals surface area contributed by atoms with Gasteiger partial charge in [0.1, 0.15) is 11.6 Å². The topological polar surface area (TPSA) is 62.1 Å². The maximum Gasteiger partial charge on any atom is 0.265 e. The lowest BCUT2D eigenvalue weighted by Gasteiger charge is -2.16. The number of carbonyl (C=O) groups is 1. The van der Waals surface area contributed by atoms with Crippen LogP contribution in [0.15, 0.2) is 53.4 Å². The Hall–Kier alpha value is -2.52. The molecular formula is C18H17FN2O2S. The summed E-state index contributed by atoms with van der Waals surface area (Å²) in [6.45, 7) is 1.63. The van der Waals surface area contributed by atoms with Gasteiger partial charge < -0.3 is 10.1 Å². The van der Waals surface area contributed by atoms with Gasteiger partial charge in [-0.3, -0.25) is 4.79 Å². The van der Waals surface area contributed by atoms with Crippen LogP contribution in [0.3, 0.4) is 0 Å². The van der Waals surface area contributed by atoms with Crippen LogP contribution in [-0.2, 0) is 4.79 Å². The number of hydrogen-bond acceptors (Lipinski definition) is 4. The monoisotopic (exact) mass is 344 g/mol. The Bertz CT molecular complexity index is 729. The van der Waals surface area contributed by atoms with Crippen LogP contribution in [-0.4, -0.2) is 17.8 Å². The Morgan fingerprint density at radius 2 is 2.00 bits per heavy atom. The average Bonchev–Trinajstić information content (AvgIpc) is 2.58. The first-order valence-electron chi connectivity index (χ1n) is 7.42. The Labute approximate surface area is 144 Å².